The van der Waals surface area contributed by atoms with E-state index in [1.807, 2.05) is 52.0 Å². The van der Waals surface area contributed by atoms with Gasteiger partial charge in [-0.25, -0.2) is 4.79 Å². The van der Waals surface area contributed by atoms with Crippen LogP contribution in [0.5, 0.6) is 5.75 Å². The van der Waals surface area contributed by atoms with E-state index in [1.165, 1.54) is 6.08 Å². The summed E-state index contributed by atoms with van der Waals surface area (Å²) < 4.78 is 5.58. The molecule has 0 aliphatic carbocycles. The maximum atomic E-state index is 12.1. The van der Waals surface area contributed by atoms with Crippen LogP contribution in [-0.4, -0.2) is 18.1 Å². The van der Waals surface area contributed by atoms with Gasteiger partial charge in [-0.2, -0.15) is 5.06 Å². The predicted molar refractivity (Wildman–Crippen MR) is 97.9 cm³/mol. The van der Waals surface area contributed by atoms with Crippen LogP contribution in [0, 0.1) is 0 Å². The summed E-state index contributed by atoms with van der Waals surface area (Å²) in [5.41, 5.74) is 2.56. The van der Waals surface area contributed by atoms with Crippen molar-refractivity contribution in [3.63, 3.8) is 0 Å². The molecule has 0 atom stereocenters. The number of anilines is 1. The fraction of sp³-hybridized carbons (Fsp3) is 0.350. The Morgan fingerprint density at radius 3 is 2.71 bits per heavy atom. The quantitative estimate of drug-likeness (QED) is 0.581. The molecular formula is C20H25NO3. The fourth-order valence-electron chi connectivity index (χ4n) is 2.77. The number of hydroxylamine groups is 1. The van der Waals surface area contributed by atoms with E-state index >= 15 is 0 Å². The molecule has 2 rings (SSSR count). The summed E-state index contributed by atoms with van der Waals surface area (Å²) in [6.45, 7) is 10.5. The van der Waals surface area contributed by atoms with E-state index < -0.39 is 11.5 Å². The molecule has 0 N–H and O–H groups in total. The Hall–Kier alpha value is -2.49. The lowest BCUT2D eigenvalue weighted by Crippen LogP contribution is -2.46. The van der Waals surface area contributed by atoms with Crippen LogP contribution in [0.1, 0.15) is 40.2 Å². The van der Waals surface area contributed by atoms with Crippen LogP contribution in [0.15, 0.2) is 48.6 Å². The zero-order chi connectivity index (χ0) is 17.7. The van der Waals surface area contributed by atoms with E-state index in [2.05, 4.69) is 13.0 Å². The molecule has 0 saturated heterocycles. The molecular weight excluding hydrogens is 302 g/mol. The standard InChI is InChI=1S/C20H25NO3/c1-6-8-9-10-19(22)24-21-18-12-11-16(23-7-2)13-17(18)15(3)14-20(21,4)5/h6,8-14H,7H2,1-5H3/b8-6+,10-9+. The maximum Gasteiger partial charge on any atom is 0.356 e. The summed E-state index contributed by atoms with van der Waals surface area (Å²) in [5.74, 6) is 0.400. The van der Waals surface area contributed by atoms with E-state index in [0.717, 1.165) is 22.6 Å². The first-order chi connectivity index (χ1) is 11.4. The number of ether oxygens (including phenoxy) is 1. The van der Waals surface area contributed by atoms with Crippen molar-refractivity contribution in [3.05, 3.63) is 54.1 Å². The smallest absolute Gasteiger partial charge is 0.356 e. The average molecular weight is 327 g/mol. The van der Waals surface area contributed by atoms with Crippen LogP contribution in [0.2, 0.25) is 0 Å². The van der Waals surface area contributed by atoms with Crippen molar-refractivity contribution in [1.82, 2.24) is 0 Å². The minimum Gasteiger partial charge on any atom is -0.494 e. The Kier molecular flexibility index (Phi) is 5.50. The van der Waals surface area contributed by atoms with Crippen molar-refractivity contribution in [1.29, 1.82) is 0 Å². The van der Waals surface area contributed by atoms with E-state index in [9.17, 15) is 4.79 Å². The molecule has 4 nitrogen and oxygen atoms in total. The molecule has 1 aliphatic rings. The molecule has 1 heterocycles. The molecule has 0 bridgehead atoms. The van der Waals surface area contributed by atoms with Gasteiger partial charge in [-0.1, -0.05) is 24.3 Å². The number of carbonyl (C=O) groups is 1. The summed E-state index contributed by atoms with van der Waals surface area (Å²) in [5, 5.41) is 1.66. The number of hydrogen-bond donors (Lipinski definition) is 0. The summed E-state index contributed by atoms with van der Waals surface area (Å²) in [6.07, 6.45) is 8.81. The summed E-state index contributed by atoms with van der Waals surface area (Å²) in [7, 11) is 0. The second kappa shape index (κ2) is 7.39. The maximum absolute atomic E-state index is 12.1. The number of nitrogens with zero attached hydrogens (tertiary/aromatic N) is 1. The Morgan fingerprint density at radius 2 is 2.04 bits per heavy atom. The Balaban J connectivity index is 2.36. The van der Waals surface area contributed by atoms with Crippen LogP contribution in [0.4, 0.5) is 5.69 Å². The van der Waals surface area contributed by atoms with Crippen molar-refractivity contribution in [3.8, 4) is 5.75 Å². The van der Waals surface area contributed by atoms with E-state index in [-0.39, 0.29) is 0 Å². The number of carbonyl (C=O) groups excluding carboxylic acids is 1. The highest BCUT2D eigenvalue weighted by atomic mass is 16.7. The Bertz CT molecular complexity index is 699. The Labute approximate surface area is 144 Å². The van der Waals surface area contributed by atoms with Gasteiger partial charge in [0.1, 0.15) is 5.75 Å². The number of benzene rings is 1. The third-order valence-corrected chi connectivity index (χ3v) is 3.73. The van der Waals surface area contributed by atoms with Crippen LogP contribution in [-0.2, 0) is 9.63 Å². The normalized spacial score (nSPS) is 16.2. The van der Waals surface area contributed by atoms with Crippen LogP contribution in [0.3, 0.4) is 0 Å². The third kappa shape index (κ3) is 3.88. The largest absolute Gasteiger partial charge is 0.494 e. The molecule has 0 unspecified atom stereocenters. The van der Waals surface area contributed by atoms with Crippen LogP contribution >= 0.6 is 0 Å². The number of rotatable bonds is 5. The summed E-state index contributed by atoms with van der Waals surface area (Å²) in [6, 6.07) is 5.81. The van der Waals surface area contributed by atoms with Gasteiger partial charge in [0.2, 0.25) is 0 Å². The van der Waals surface area contributed by atoms with Gasteiger partial charge in [-0.15, -0.1) is 0 Å². The molecule has 1 aromatic carbocycles. The topological polar surface area (TPSA) is 38.8 Å². The van der Waals surface area contributed by atoms with Gasteiger partial charge in [-0.05, 0) is 58.4 Å². The summed E-state index contributed by atoms with van der Waals surface area (Å²) >= 11 is 0. The van der Waals surface area contributed by atoms with Gasteiger partial charge in [-0.3, -0.25) is 0 Å². The zero-order valence-electron chi connectivity index (χ0n) is 15.0. The third-order valence-electron chi connectivity index (χ3n) is 3.73. The average Bonchev–Trinajstić information content (AvgIpc) is 2.52. The molecule has 0 amide bonds. The monoisotopic (exact) mass is 327 g/mol. The molecule has 0 aromatic heterocycles. The van der Waals surface area contributed by atoms with Crippen molar-refractivity contribution in [2.45, 2.75) is 40.2 Å². The predicted octanol–water partition coefficient (Wildman–Crippen LogP) is 4.68. The van der Waals surface area contributed by atoms with Crippen molar-refractivity contribution >= 4 is 17.2 Å². The highest BCUT2D eigenvalue weighted by molar-refractivity contribution is 5.86. The van der Waals surface area contributed by atoms with Crippen molar-refractivity contribution in [2.24, 2.45) is 0 Å². The van der Waals surface area contributed by atoms with Gasteiger partial charge in [0.05, 0.1) is 17.8 Å². The van der Waals surface area contributed by atoms with E-state index in [4.69, 9.17) is 9.57 Å². The lowest BCUT2D eigenvalue weighted by molar-refractivity contribution is -0.141. The Morgan fingerprint density at radius 1 is 1.29 bits per heavy atom. The van der Waals surface area contributed by atoms with Gasteiger partial charge >= 0.3 is 5.97 Å². The van der Waals surface area contributed by atoms with Gasteiger partial charge in [0.25, 0.3) is 0 Å². The molecule has 4 heteroatoms. The van der Waals surface area contributed by atoms with Crippen LogP contribution < -0.4 is 9.80 Å². The SMILES string of the molecule is C/C=C/C=C/C(=O)ON1c2ccc(OCC)cc2C(C)=CC1(C)C. The minimum atomic E-state index is -0.436. The second-order valence-electron chi connectivity index (χ2n) is 6.18. The van der Waals surface area contributed by atoms with Crippen LogP contribution in [0.25, 0.3) is 5.57 Å². The van der Waals surface area contributed by atoms with E-state index in [1.54, 1.807) is 17.2 Å². The highest BCUT2D eigenvalue weighted by Crippen LogP contribution is 2.40. The number of fused-ring (bicyclic) bond motifs is 1. The molecule has 0 saturated carbocycles. The van der Waals surface area contributed by atoms with E-state index in [0.29, 0.717) is 6.61 Å². The highest BCUT2D eigenvalue weighted by Gasteiger charge is 2.34. The minimum absolute atomic E-state index is 0.408. The lowest BCUT2D eigenvalue weighted by atomic mass is 9.90. The fourth-order valence-corrected chi connectivity index (χ4v) is 2.77. The molecule has 1 aliphatic heterocycles. The number of allylic oxidation sites excluding steroid dienone is 4. The zero-order valence-corrected chi connectivity index (χ0v) is 15.0. The molecule has 0 spiro atoms. The molecule has 1 aromatic rings. The first-order valence-corrected chi connectivity index (χ1v) is 8.17. The molecule has 0 fully saturated rings. The number of hydrogen-bond acceptors (Lipinski definition) is 4. The molecule has 128 valence electrons. The second-order valence-corrected chi connectivity index (χ2v) is 6.18. The van der Waals surface area contributed by atoms with Gasteiger partial charge in [0, 0.05) is 11.6 Å². The molecule has 0 radical (unpaired) electrons. The van der Waals surface area contributed by atoms with Crippen molar-refractivity contribution in [2.75, 3.05) is 11.7 Å². The first kappa shape index (κ1) is 17.9. The van der Waals surface area contributed by atoms with Crippen molar-refractivity contribution < 1.29 is 14.4 Å². The van der Waals surface area contributed by atoms with Gasteiger partial charge < -0.3 is 9.57 Å². The lowest BCUT2D eigenvalue weighted by Gasteiger charge is -2.40. The summed E-state index contributed by atoms with van der Waals surface area (Å²) in [4.78, 5) is 17.7. The first-order valence-electron chi connectivity index (χ1n) is 8.17. The van der Waals surface area contributed by atoms with Gasteiger partial charge in [0.15, 0.2) is 0 Å². The molecule has 24 heavy (non-hydrogen) atoms.